The molecule has 2 atom stereocenters. The normalized spacial score (nSPS) is 20.8. The van der Waals surface area contributed by atoms with Crippen LogP contribution in [0.3, 0.4) is 0 Å². The van der Waals surface area contributed by atoms with Crippen molar-refractivity contribution >= 4 is 17.0 Å². The Kier molecular flexibility index (Phi) is 4.02. The van der Waals surface area contributed by atoms with Crippen LogP contribution in [-0.4, -0.2) is 44.7 Å². The van der Waals surface area contributed by atoms with Crippen LogP contribution in [0.4, 0.5) is 10.2 Å². The Hall–Kier alpha value is -3.32. The van der Waals surface area contributed by atoms with E-state index >= 15 is 0 Å². The number of hydrogen-bond acceptors (Lipinski definition) is 5. The molecule has 3 aliphatic rings. The molecule has 0 spiro atoms. The minimum Gasteiger partial charge on any atom is -0.351 e. The number of anilines is 1. The summed E-state index contributed by atoms with van der Waals surface area (Å²) in [4.78, 5) is 16.3. The first-order valence-corrected chi connectivity index (χ1v) is 10.3. The standard InChI is InChI=1S/C23H21FN6/c24-19-4-2-1-3-18(19)22-27-20-7-8-21(29-14-15-5-6-17(29)13-26-15)28-23(20)30(22)16-9-11-25-12-10-16/h1-4,7-12,15,17,26H,5-6,13-14H2/t15-,17-/m1/s1. The van der Waals surface area contributed by atoms with Gasteiger partial charge in [0.2, 0.25) is 0 Å². The zero-order valence-corrected chi connectivity index (χ0v) is 16.4. The predicted octanol–water partition coefficient (Wildman–Crippen LogP) is 3.56. The molecular formula is C23H21FN6. The average Bonchev–Trinajstić information content (AvgIpc) is 3.19. The highest BCUT2D eigenvalue weighted by molar-refractivity contribution is 5.81. The number of benzene rings is 1. The van der Waals surface area contributed by atoms with Gasteiger partial charge in [-0.1, -0.05) is 12.1 Å². The van der Waals surface area contributed by atoms with E-state index in [9.17, 15) is 4.39 Å². The number of fused-ring (bicyclic) bond motifs is 4. The van der Waals surface area contributed by atoms with E-state index in [-0.39, 0.29) is 5.82 Å². The number of nitrogens with zero attached hydrogens (tertiary/aromatic N) is 5. The summed E-state index contributed by atoms with van der Waals surface area (Å²) in [6, 6.07) is 15.5. The molecule has 7 heteroatoms. The zero-order chi connectivity index (χ0) is 20.1. The SMILES string of the molecule is Fc1ccccc1-c1nc2ccc(N3C[C@H]4CC[C@@H]3CN4)nc2n1-c1ccncc1. The van der Waals surface area contributed by atoms with Gasteiger partial charge in [-0.05, 0) is 49.2 Å². The van der Waals surface area contributed by atoms with E-state index in [0.717, 1.165) is 35.8 Å². The fraction of sp³-hybridized carbons (Fsp3) is 0.261. The Balaban J connectivity index is 1.56. The lowest BCUT2D eigenvalue weighted by atomic mass is 9.93. The zero-order valence-electron chi connectivity index (χ0n) is 16.4. The first-order valence-electron chi connectivity index (χ1n) is 10.3. The summed E-state index contributed by atoms with van der Waals surface area (Å²) < 4.78 is 16.6. The van der Waals surface area contributed by atoms with Gasteiger partial charge in [-0.25, -0.2) is 14.4 Å². The molecule has 0 unspecified atom stereocenters. The Morgan fingerprint density at radius 1 is 0.967 bits per heavy atom. The summed E-state index contributed by atoms with van der Waals surface area (Å²) in [6.45, 7) is 1.96. The van der Waals surface area contributed by atoms with Crippen LogP contribution in [0.5, 0.6) is 0 Å². The second-order valence-corrected chi connectivity index (χ2v) is 7.96. The number of aromatic nitrogens is 4. The second-order valence-electron chi connectivity index (χ2n) is 7.96. The fourth-order valence-electron chi connectivity index (χ4n) is 4.66. The Labute approximate surface area is 173 Å². The van der Waals surface area contributed by atoms with Gasteiger partial charge in [0.1, 0.15) is 23.0 Å². The Morgan fingerprint density at radius 2 is 1.83 bits per heavy atom. The molecule has 150 valence electrons. The first kappa shape index (κ1) is 17.5. The van der Waals surface area contributed by atoms with E-state index in [1.165, 1.54) is 18.9 Å². The van der Waals surface area contributed by atoms with E-state index in [0.29, 0.717) is 23.5 Å². The van der Waals surface area contributed by atoms with Gasteiger partial charge < -0.3 is 10.2 Å². The average molecular weight is 400 g/mol. The molecule has 2 bridgehead atoms. The van der Waals surface area contributed by atoms with Gasteiger partial charge >= 0.3 is 0 Å². The number of imidazole rings is 1. The molecule has 7 rings (SSSR count). The second kappa shape index (κ2) is 6.88. The monoisotopic (exact) mass is 400 g/mol. The Morgan fingerprint density at radius 3 is 2.57 bits per heavy atom. The third-order valence-electron chi connectivity index (χ3n) is 6.17. The molecule has 1 N–H and O–H groups in total. The van der Waals surface area contributed by atoms with Gasteiger partial charge in [0.15, 0.2) is 5.65 Å². The molecule has 1 aromatic carbocycles. The molecule has 0 radical (unpaired) electrons. The summed E-state index contributed by atoms with van der Waals surface area (Å²) >= 11 is 0. The smallest absolute Gasteiger partial charge is 0.167 e. The summed E-state index contributed by atoms with van der Waals surface area (Å²) in [5.41, 5.74) is 2.78. The van der Waals surface area contributed by atoms with E-state index in [1.54, 1.807) is 24.5 Å². The Bertz CT molecular complexity index is 1210. The van der Waals surface area contributed by atoms with Gasteiger partial charge in [0.05, 0.1) is 11.3 Å². The van der Waals surface area contributed by atoms with Crippen molar-refractivity contribution in [2.24, 2.45) is 0 Å². The van der Waals surface area contributed by atoms with Crippen LogP contribution < -0.4 is 10.2 Å². The highest BCUT2D eigenvalue weighted by Crippen LogP contribution is 2.32. The van der Waals surface area contributed by atoms with E-state index in [1.807, 2.05) is 34.9 Å². The number of rotatable bonds is 3. The summed E-state index contributed by atoms with van der Waals surface area (Å²) in [5, 5.41) is 3.59. The van der Waals surface area contributed by atoms with Crippen molar-refractivity contribution in [2.75, 3.05) is 18.0 Å². The molecule has 30 heavy (non-hydrogen) atoms. The predicted molar refractivity (Wildman–Crippen MR) is 114 cm³/mol. The van der Waals surface area contributed by atoms with E-state index in [4.69, 9.17) is 9.97 Å². The third kappa shape index (κ3) is 2.77. The number of nitrogens with one attached hydrogen (secondary N) is 1. The lowest BCUT2D eigenvalue weighted by Crippen LogP contribution is -2.61. The molecule has 0 amide bonds. The lowest BCUT2D eigenvalue weighted by molar-refractivity contribution is 0.289. The van der Waals surface area contributed by atoms with E-state index < -0.39 is 0 Å². The van der Waals surface area contributed by atoms with Gasteiger partial charge in [0.25, 0.3) is 0 Å². The largest absolute Gasteiger partial charge is 0.351 e. The molecule has 3 saturated heterocycles. The highest BCUT2D eigenvalue weighted by Gasteiger charge is 2.34. The molecular weight excluding hydrogens is 379 g/mol. The van der Waals surface area contributed by atoms with Crippen LogP contribution in [0.15, 0.2) is 60.9 Å². The third-order valence-corrected chi connectivity index (χ3v) is 6.17. The van der Waals surface area contributed by atoms with Gasteiger partial charge in [-0.3, -0.25) is 9.55 Å². The molecule has 3 aromatic heterocycles. The van der Waals surface area contributed by atoms with Crippen LogP contribution in [0, 0.1) is 5.82 Å². The van der Waals surface area contributed by atoms with Crippen LogP contribution in [0.2, 0.25) is 0 Å². The highest BCUT2D eigenvalue weighted by atomic mass is 19.1. The quantitative estimate of drug-likeness (QED) is 0.570. The number of piperidine rings is 2. The molecule has 6 nitrogen and oxygen atoms in total. The maximum absolute atomic E-state index is 14.7. The van der Waals surface area contributed by atoms with Crippen LogP contribution in [-0.2, 0) is 0 Å². The summed E-state index contributed by atoms with van der Waals surface area (Å²) in [5.74, 6) is 1.19. The van der Waals surface area contributed by atoms with Crippen LogP contribution in [0.1, 0.15) is 12.8 Å². The minimum absolute atomic E-state index is 0.303. The number of hydrogen-bond donors (Lipinski definition) is 1. The van der Waals surface area contributed by atoms with Crippen molar-refractivity contribution in [3.05, 3.63) is 66.7 Å². The topological polar surface area (TPSA) is 58.9 Å². The molecule has 3 aliphatic heterocycles. The number of pyridine rings is 2. The van der Waals surface area contributed by atoms with Crippen molar-refractivity contribution in [3.63, 3.8) is 0 Å². The first-order chi connectivity index (χ1) is 14.8. The minimum atomic E-state index is -0.303. The fourth-order valence-corrected chi connectivity index (χ4v) is 4.66. The van der Waals surface area contributed by atoms with Crippen molar-refractivity contribution in [1.29, 1.82) is 0 Å². The molecule has 6 heterocycles. The van der Waals surface area contributed by atoms with Gasteiger partial charge in [0, 0.05) is 37.6 Å². The number of piperazine rings is 1. The maximum Gasteiger partial charge on any atom is 0.167 e. The molecule has 4 aromatic rings. The number of halogens is 1. The van der Waals surface area contributed by atoms with E-state index in [2.05, 4.69) is 15.2 Å². The van der Waals surface area contributed by atoms with Gasteiger partial charge in [-0.15, -0.1) is 0 Å². The van der Waals surface area contributed by atoms with Crippen molar-refractivity contribution in [2.45, 2.75) is 24.9 Å². The lowest BCUT2D eigenvalue weighted by Gasteiger charge is -2.46. The van der Waals surface area contributed by atoms with Crippen LogP contribution in [0.25, 0.3) is 28.2 Å². The van der Waals surface area contributed by atoms with Crippen molar-refractivity contribution < 1.29 is 4.39 Å². The summed E-state index contributed by atoms with van der Waals surface area (Å²) in [7, 11) is 0. The molecule has 0 aliphatic carbocycles. The summed E-state index contributed by atoms with van der Waals surface area (Å²) in [6.07, 6.45) is 5.86. The van der Waals surface area contributed by atoms with Crippen molar-refractivity contribution in [3.8, 4) is 17.1 Å². The molecule has 3 fully saturated rings. The van der Waals surface area contributed by atoms with Crippen LogP contribution >= 0.6 is 0 Å². The van der Waals surface area contributed by atoms with Gasteiger partial charge in [-0.2, -0.15) is 0 Å². The van der Waals surface area contributed by atoms with Crippen molar-refractivity contribution in [1.82, 2.24) is 24.8 Å². The molecule has 0 saturated carbocycles. The maximum atomic E-state index is 14.7.